The summed E-state index contributed by atoms with van der Waals surface area (Å²) in [6.07, 6.45) is 1.04. The fourth-order valence-electron chi connectivity index (χ4n) is 0.635. The number of hydrogen-bond acceptors (Lipinski definition) is 2. The SMILES string of the molecule is OC1=CC=CC(O)C1(F)F. The molecule has 10 heavy (non-hydrogen) atoms. The van der Waals surface area contributed by atoms with Crippen LogP contribution in [0.2, 0.25) is 0 Å². The van der Waals surface area contributed by atoms with E-state index >= 15 is 0 Å². The zero-order valence-corrected chi connectivity index (χ0v) is 4.96. The first-order valence-corrected chi connectivity index (χ1v) is 2.69. The van der Waals surface area contributed by atoms with Crippen LogP contribution in [0.15, 0.2) is 24.0 Å². The van der Waals surface area contributed by atoms with E-state index in [0.29, 0.717) is 0 Å². The second-order valence-electron chi connectivity index (χ2n) is 2.00. The van der Waals surface area contributed by atoms with E-state index in [1.54, 1.807) is 0 Å². The molecule has 1 unspecified atom stereocenters. The number of aliphatic hydroxyl groups excluding tert-OH is 2. The number of halogens is 2. The topological polar surface area (TPSA) is 40.5 Å². The summed E-state index contributed by atoms with van der Waals surface area (Å²) in [5.41, 5.74) is 0. The minimum atomic E-state index is -3.52. The highest BCUT2D eigenvalue weighted by Gasteiger charge is 2.42. The number of aliphatic hydroxyl groups is 2. The first-order valence-electron chi connectivity index (χ1n) is 2.69. The van der Waals surface area contributed by atoms with Gasteiger partial charge in [0.1, 0.15) is 6.10 Å². The predicted octanol–water partition coefficient (Wildman–Crippen LogP) is 0.994. The number of allylic oxidation sites excluding steroid dienone is 2. The Morgan fingerprint density at radius 2 is 2.10 bits per heavy atom. The molecule has 0 spiro atoms. The lowest BCUT2D eigenvalue weighted by Crippen LogP contribution is -2.35. The van der Waals surface area contributed by atoms with Gasteiger partial charge < -0.3 is 10.2 Å². The van der Waals surface area contributed by atoms with Crippen LogP contribution in [0.5, 0.6) is 0 Å². The maximum atomic E-state index is 12.4. The third kappa shape index (κ3) is 0.903. The summed E-state index contributed by atoms with van der Waals surface area (Å²) in [4.78, 5) is 0. The Morgan fingerprint density at radius 3 is 2.50 bits per heavy atom. The van der Waals surface area contributed by atoms with Gasteiger partial charge in [-0.05, 0) is 12.2 Å². The van der Waals surface area contributed by atoms with E-state index in [-0.39, 0.29) is 0 Å². The molecule has 56 valence electrons. The van der Waals surface area contributed by atoms with Crippen molar-refractivity contribution in [1.29, 1.82) is 0 Å². The molecule has 0 fully saturated rings. The Hall–Kier alpha value is -0.900. The summed E-state index contributed by atoms with van der Waals surface area (Å²) in [6.45, 7) is 0. The molecule has 0 aromatic rings. The molecular weight excluding hydrogens is 142 g/mol. The van der Waals surface area contributed by atoms with Crippen molar-refractivity contribution in [2.45, 2.75) is 12.0 Å². The molecule has 0 bridgehead atoms. The minimum Gasteiger partial charge on any atom is -0.506 e. The molecule has 0 aromatic heterocycles. The summed E-state index contributed by atoms with van der Waals surface area (Å²) < 4.78 is 24.7. The molecule has 0 saturated carbocycles. The Bertz CT molecular complexity index is 196. The van der Waals surface area contributed by atoms with E-state index in [4.69, 9.17) is 10.2 Å². The molecule has 1 atom stereocenters. The second-order valence-corrected chi connectivity index (χ2v) is 2.00. The molecule has 0 saturated heterocycles. The Morgan fingerprint density at radius 1 is 1.50 bits per heavy atom. The van der Waals surface area contributed by atoms with Crippen molar-refractivity contribution >= 4 is 0 Å². The van der Waals surface area contributed by atoms with E-state index in [1.165, 1.54) is 6.08 Å². The van der Waals surface area contributed by atoms with Gasteiger partial charge in [0, 0.05) is 0 Å². The van der Waals surface area contributed by atoms with Crippen LogP contribution in [0, 0.1) is 0 Å². The normalized spacial score (nSPS) is 29.9. The van der Waals surface area contributed by atoms with Crippen LogP contribution in [0.25, 0.3) is 0 Å². The average Bonchev–Trinajstić information content (AvgIpc) is 1.84. The van der Waals surface area contributed by atoms with Crippen LogP contribution in [0.3, 0.4) is 0 Å². The molecule has 1 rings (SSSR count). The maximum Gasteiger partial charge on any atom is 0.332 e. The van der Waals surface area contributed by atoms with E-state index in [9.17, 15) is 8.78 Å². The van der Waals surface area contributed by atoms with E-state index in [2.05, 4.69) is 0 Å². The molecule has 0 aromatic carbocycles. The maximum absolute atomic E-state index is 12.4. The van der Waals surface area contributed by atoms with Crippen LogP contribution in [0.1, 0.15) is 0 Å². The van der Waals surface area contributed by atoms with Crippen molar-refractivity contribution in [3.05, 3.63) is 24.0 Å². The van der Waals surface area contributed by atoms with Gasteiger partial charge in [0.15, 0.2) is 5.76 Å². The highest BCUT2D eigenvalue weighted by Crippen LogP contribution is 2.29. The van der Waals surface area contributed by atoms with Gasteiger partial charge in [-0.3, -0.25) is 0 Å². The first-order chi connectivity index (χ1) is 4.55. The molecule has 0 heterocycles. The van der Waals surface area contributed by atoms with Gasteiger partial charge in [-0.25, -0.2) is 0 Å². The summed E-state index contributed by atoms with van der Waals surface area (Å²) in [6, 6.07) is 0. The predicted molar refractivity (Wildman–Crippen MR) is 30.8 cm³/mol. The number of alkyl halides is 2. The van der Waals surface area contributed by atoms with Crippen LogP contribution < -0.4 is 0 Å². The molecule has 2 nitrogen and oxygen atoms in total. The standard InChI is InChI=1S/C6H6F2O2/c7-6(8)4(9)2-1-3-5(6)10/h1-4,9-10H. The zero-order valence-electron chi connectivity index (χ0n) is 4.96. The van der Waals surface area contributed by atoms with Gasteiger partial charge in [0.2, 0.25) is 0 Å². The summed E-state index contributed by atoms with van der Waals surface area (Å²) in [5, 5.41) is 17.1. The molecule has 0 aliphatic heterocycles. The molecular formula is C6H6F2O2. The van der Waals surface area contributed by atoms with Crippen molar-refractivity contribution in [2.24, 2.45) is 0 Å². The molecule has 2 N–H and O–H groups in total. The highest BCUT2D eigenvalue weighted by molar-refractivity contribution is 5.23. The van der Waals surface area contributed by atoms with Gasteiger partial charge in [0.05, 0.1) is 0 Å². The molecule has 0 amide bonds. The lowest BCUT2D eigenvalue weighted by molar-refractivity contribution is -0.0829. The fourth-order valence-corrected chi connectivity index (χ4v) is 0.635. The lowest BCUT2D eigenvalue weighted by atomic mass is 10.1. The first kappa shape index (κ1) is 7.21. The quantitative estimate of drug-likeness (QED) is 0.537. The van der Waals surface area contributed by atoms with Crippen LogP contribution in [-0.4, -0.2) is 22.2 Å². The van der Waals surface area contributed by atoms with Crippen molar-refractivity contribution in [1.82, 2.24) is 0 Å². The highest BCUT2D eigenvalue weighted by atomic mass is 19.3. The van der Waals surface area contributed by atoms with Crippen molar-refractivity contribution in [3.63, 3.8) is 0 Å². The average molecular weight is 148 g/mol. The largest absolute Gasteiger partial charge is 0.506 e. The van der Waals surface area contributed by atoms with Crippen molar-refractivity contribution in [3.8, 4) is 0 Å². The third-order valence-electron chi connectivity index (χ3n) is 1.26. The van der Waals surface area contributed by atoms with Crippen molar-refractivity contribution in [2.75, 3.05) is 0 Å². The fraction of sp³-hybridized carbons (Fsp3) is 0.333. The second kappa shape index (κ2) is 2.05. The van der Waals surface area contributed by atoms with E-state index < -0.39 is 17.8 Å². The van der Waals surface area contributed by atoms with E-state index in [0.717, 1.165) is 12.2 Å². The summed E-state index contributed by atoms with van der Waals surface area (Å²) >= 11 is 0. The number of hydrogen-bond donors (Lipinski definition) is 2. The van der Waals surface area contributed by atoms with Crippen LogP contribution in [-0.2, 0) is 0 Å². The summed E-state index contributed by atoms with van der Waals surface area (Å²) in [5.74, 6) is -4.61. The molecule has 4 heteroatoms. The lowest BCUT2D eigenvalue weighted by Gasteiger charge is -2.21. The van der Waals surface area contributed by atoms with E-state index in [1.807, 2.05) is 0 Å². The van der Waals surface area contributed by atoms with Gasteiger partial charge in [-0.2, -0.15) is 8.78 Å². The van der Waals surface area contributed by atoms with Crippen LogP contribution >= 0.6 is 0 Å². The summed E-state index contributed by atoms with van der Waals surface area (Å²) in [7, 11) is 0. The van der Waals surface area contributed by atoms with Crippen molar-refractivity contribution < 1.29 is 19.0 Å². The van der Waals surface area contributed by atoms with Crippen LogP contribution in [0.4, 0.5) is 8.78 Å². The molecule has 0 radical (unpaired) electrons. The monoisotopic (exact) mass is 148 g/mol. The zero-order chi connectivity index (χ0) is 7.78. The molecule has 1 aliphatic carbocycles. The third-order valence-corrected chi connectivity index (χ3v) is 1.26. The smallest absolute Gasteiger partial charge is 0.332 e. The molecule has 1 aliphatic rings. The number of rotatable bonds is 0. The Balaban J connectivity index is 2.93. The minimum absolute atomic E-state index is 0.854. The Kier molecular flexibility index (Phi) is 1.48. The van der Waals surface area contributed by atoms with Gasteiger partial charge in [-0.1, -0.05) is 6.08 Å². The van der Waals surface area contributed by atoms with Gasteiger partial charge in [0.25, 0.3) is 0 Å². The van der Waals surface area contributed by atoms with Gasteiger partial charge in [-0.15, -0.1) is 0 Å². The van der Waals surface area contributed by atoms with Gasteiger partial charge >= 0.3 is 5.92 Å². The Labute approximate surface area is 56.1 Å².